The van der Waals surface area contributed by atoms with E-state index in [2.05, 4.69) is 22.2 Å². The number of nitrogens with one attached hydrogen (secondary N) is 1. The van der Waals surface area contributed by atoms with Crippen LogP contribution in [0.25, 0.3) is 22.0 Å². The Balaban J connectivity index is 1.32. The van der Waals surface area contributed by atoms with Gasteiger partial charge in [-0.05, 0) is 84.8 Å². The maximum atomic E-state index is 13.5. The lowest BCUT2D eigenvalue weighted by Crippen LogP contribution is -2.40. The van der Waals surface area contributed by atoms with Gasteiger partial charge in [-0.3, -0.25) is 19.5 Å². The van der Waals surface area contributed by atoms with Gasteiger partial charge in [0.15, 0.2) is 0 Å². The third-order valence-corrected chi connectivity index (χ3v) is 7.99. The molecule has 2 aromatic heterocycles. The van der Waals surface area contributed by atoms with Crippen LogP contribution in [0.3, 0.4) is 0 Å². The Bertz CT molecular complexity index is 1850. The minimum absolute atomic E-state index is 0.0117. The second kappa shape index (κ2) is 14.6. The summed E-state index contributed by atoms with van der Waals surface area (Å²) in [6, 6.07) is 25.9. The summed E-state index contributed by atoms with van der Waals surface area (Å²) in [5, 5.41) is 3.69. The van der Waals surface area contributed by atoms with Crippen LogP contribution < -0.4 is 5.32 Å². The standard InChI is InChI=1S/C37H36F3N5O2/c1-4-5-22-44(2)36(47)34(32-12-8-9-21-41-32)45(3)24-25-13-19-31-27(23-25)16-20-33(42-31)43-35(46)30-11-7-6-10-29(30)26-14-17-28(18-15-26)37(38,39)40/h6-21,23,34H,4-5,22,24H2,1-3H3,(H,42,43,46)/t34-/m0/s1. The highest BCUT2D eigenvalue weighted by Crippen LogP contribution is 2.32. The number of fused-ring (bicyclic) bond motifs is 1. The van der Waals surface area contributed by atoms with Gasteiger partial charge in [0.25, 0.3) is 5.91 Å². The lowest BCUT2D eigenvalue weighted by atomic mass is 9.98. The predicted octanol–water partition coefficient (Wildman–Crippen LogP) is 8.00. The van der Waals surface area contributed by atoms with Gasteiger partial charge in [0.05, 0.1) is 16.8 Å². The van der Waals surface area contributed by atoms with Gasteiger partial charge < -0.3 is 10.2 Å². The van der Waals surface area contributed by atoms with Gasteiger partial charge in [-0.1, -0.05) is 55.8 Å². The number of aromatic nitrogens is 2. The molecule has 5 rings (SSSR count). The number of hydrogen-bond acceptors (Lipinski definition) is 5. The van der Waals surface area contributed by atoms with Crippen LogP contribution in [0.15, 0.2) is 103 Å². The molecule has 2 amide bonds. The van der Waals surface area contributed by atoms with Crippen molar-refractivity contribution < 1.29 is 22.8 Å². The molecule has 2 heterocycles. The van der Waals surface area contributed by atoms with Crippen LogP contribution in [-0.4, -0.2) is 52.2 Å². The van der Waals surface area contributed by atoms with E-state index in [1.54, 1.807) is 41.4 Å². The number of halogens is 3. The minimum Gasteiger partial charge on any atom is -0.344 e. The van der Waals surface area contributed by atoms with E-state index >= 15 is 0 Å². The van der Waals surface area contributed by atoms with E-state index in [1.165, 1.54) is 12.1 Å². The van der Waals surface area contributed by atoms with Gasteiger partial charge in [-0.25, -0.2) is 4.98 Å². The highest BCUT2D eigenvalue weighted by molar-refractivity contribution is 6.08. The quantitative estimate of drug-likeness (QED) is 0.159. The summed E-state index contributed by atoms with van der Waals surface area (Å²) in [6.45, 7) is 3.26. The Labute approximate surface area is 272 Å². The molecule has 47 heavy (non-hydrogen) atoms. The predicted molar refractivity (Wildman–Crippen MR) is 178 cm³/mol. The largest absolute Gasteiger partial charge is 0.416 e. The molecule has 7 nitrogen and oxygen atoms in total. The van der Waals surface area contributed by atoms with E-state index in [9.17, 15) is 22.8 Å². The van der Waals surface area contributed by atoms with Crippen LogP contribution in [0.2, 0.25) is 0 Å². The SMILES string of the molecule is CCCCN(C)C(=O)[C@H](c1ccccn1)N(C)Cc1ccc2nc(NC(=O)c3ccccc3-c3ccc(C(F)(F)F)cc3)ccc2c1. The fraction of sp³-hybridized carbons (Fsp3) is 0.243. The number of pyridine rings is 2. The van der Waals surface area contributed by atoms with Crippen molar-refractivity contribution in [2.24, 2.45) is 0 Å². The molecule has 0 aliphatic rings. The third kappa shape index (κ3) is 8.01. The van der Waals surface area contributed by atoms with Crippen LogP contribution in [-0.2, 0) is 17.5 Å². The van der Waals surface area contributed by atoms with E-state index in [1.807, 2.05) is 61.5 Å². The Hall–Kier alpha value is -5.09. The summed E-state index contributed by atoms with van der Waals surface area (Å²) >= 11 is 0. The van der Waals surface area contributed by atoms with Crippen molar-refractivity contribution in [1.82, 2.24) is 19.8 Å². The molecule has 0 saturated heterocycles. The molecule has 10 heteroatoms. The molecule has 0 unspecified atom stereocenters. The van der Waals surface area contributed by atoms with Crippen molar-refractivity contribution in [3.63, 3.8) is 0 Å². The first-order valence-corrected chi connectivity index (χ1v) is 15.4. The number of anilines is 1. The van der Waals surface area contributed by atoms with Gasteiger partial charge in [0.2, 0.25) is 5.91 Å². The number of carbonyl (C=O) groups excluding carboxylic acids is 2. The van der Waals surface area contributed by atoms with Crippen LogP contribution in [0.1, 0.15) is 53.0 Å². The first-order chi connectivity index (χ1) is 22.5. The zero-order valence-corrected chi connectivity index (χ0v) is 26.5. The summed E-state index contributed by atoms with van der Waals surface area (Å²) in [5.41, 5.74) is 2.89. The van der Waals surface area contributed by atoms with Gasteiger partial charge in [-0.15, -0.1) is 0 Å². The molecule has 1 N–H and O–H groups in total. The zero-order valence-electron chi connectivity index (χ0n) is 26.5. The van der Waals surface area contributed by atoms with Crippen molar-refractivity contribution in [3.8, 4) is 11.1 Å². The molecule has 5 aromatic rings. The topological polar surface area (TPSA) is 78.4 Å². The van der Waals surface area contributed by atoms with Crippen LogP contribution in [0, 0.1) is 0 Å². The number of nitrogens with zero attached hydrogens (tertiary/aromatic N) is 4. The number of likely N-dealkylation sites (N-methyl/N-ethyl adjacent to an activating group) is 2. The lowest BCUT2D eigenvalue weighted by Gasteiger charge is -2.30. The minimum atomic E-state index is -4.44. The number of rotatable bonds is 11. The molecular formula is C37H36F3N5O2. The Morgan fingerprint density at radius 1 is 0.894 bits per heavy atom. The molecular weight excluding hydrogens is 603 g/mol. The number of unbranched alkanes of at least 4 members (excludes halogenated alkanes) is 1. The van der Waals surface area contributed by atoms with Crippen molar-refractivity contribution in [2.75, 3.05) is 26.0 Å². The Kier molecular flexibility index (Phi) is 10.3. The maximum absolute atomic E-state index is 13.5. The number of benzene rings is 3. The summed E-state index contributed by atoms with van der Waals surface area (Å²) in [5.74, 6) is -0.104. The molecule has 0 bridgehead atoms. The van der Waals surface area contributed by atoms with Crippen LogP contribution >= 0.6 is 0 Å². The average Bonchev–Trinajstić information content (AvgIpc) is 3.07. The number of hydrogen-bond donors (Lipinski definition) is 1. The first-order valence-electron chi connectivity index (χ1n) is 15.4. The lowest BCUT2D eigenvalue weighted by molar-refractivity contribution is -0.137. The van der Waals surface area contributed by atoms with Gasteiger partial charge >= 0.3 is 6.18 Å². The number of alkyl halides is 3. The molecule has 0 aliphatic heterocycles. The molecule has 0 radical (unpaired) electrons. The van der Waals surface area contributed by atoms with E-state index < -0.39 is 23.7 Å². The summed E-state index contributed by atoms with van der Waals surface area (Å²) < 4.78 is 39.2. The monoisotopic (exact) mass is 639 g/mol. The maximum Gasteiger partial charge on any atom is 0.416 e. The molecule has 242 valence electrons. The summed E-state index contributed by atoms with van der Waals surface area (Å²) in [4.78, 5) is 39.7. The van der Waals surface area contributed by atoms with Crippen LogP contribution in [0.5, 0.6) is 0 Å². The zero-order chi connectivity index (χ0) is 33.6. The van der Waals surface area contributed by atoms with E-state index in [0.717, 1.165) is 35.9 Å². The fourth-order valence-electron chi connectivity index (χ4n) is 5.47. The second-order valence-corrected chi connectivity index (χ2v) is 11.5. The normalized spacial score (nSPS) is 12.2. The molecule has 3 aromatic carbocycles. The highest BCUT2D eigenvalue weighted by Gasteiger charge is 2.30. The van der Waals surface area contributed by atoms with E-state index in [-0.39, 0.29) is 5.91 Å². The molecule has 0 saturated carbocycles. The smallest absolute Gasteiger partial charge is 0.344 e. The Morgan fingerprint density at radius 2 is 1.64 bits per heavy atom. The molecule has 0 aliphatic carbocycles. The Morgan fingerprint density at radius 3 is 2.34 bits per heavy atom. The van der Waals surface area contributed by atoms with Gasteiger partial charge in [0, 0.05) is 37.3 Å². The molecule has 0 spiro atoms. The second-order valence-electron chi connectivity index (χ2n) is 11.5. The van der Waals surface area contributed by atoms with Crippen molar-refractivity contribution >= 4 is 28.5 Å². The average molecular weight is 640 g/mol. The summed E-state index contributed by atoms with van der Waals surface area (Å²) in [6.07, 6.45) is -0.832. The van der Waals surface area contributed by atoms with Crippen molar-refractivity contribution in [2.45, 2.75) is 38.5 Å². The summed E-state index contributed by atoms with van der Waals surface area (Å²) in [7, 11) is 3.74. The fourth-order valence-corrected chi connectivity index (χ4v) is 5.47. The first kappa shape index (κ1) is 33.3. The van der Waals surface area contributed by atoms with E-state index in [4.69, 9.17) is 0 Å². The third-order valence-electron chi connectivity index (χ3n) is 7.99. The van der Waals surface area contributed by atoms with E-state index in [0.29, 0.717) is 46.8 Å². The van der Waals surface area contributed by atoms with Gasteiger partial charge in [-0.2, -0.15) is 13.2 Å². The molecule has 0 fully saturated rings. The highest BCUT2D eigenvalue weighted by atomic mass is 19.4. The number of amides is 2. The van der Waals surface area contributed by atoms with Crippen molar-refractivity contribution in [1.29, 1.82) is 0 Å². The molecule has 1 atom stereocenters. The van der Waals surface area contributed by atoms with Crippen molar-refractivity contribution in [3.05, 3.63) is 126 Å². The number of carbonyl (C=O) groups is 2. The van der Waals surface area contributed by atoms with Crippen LogP contribution in [0.4, 0.5) is 19.0 Å². The van der Waals surface area contributed by atoms with Gasteiger partial charge in [0.1, 0.15) is 11.9 Å².